The molecule has 0 aliphatic carbocycles. The number of thiazole rings is 1. The normalized spacial score (nSPS) is 10.1. The first-order valence-electron chi connectivity index (χ1n) is 3.24. The highest BCUT2D eigenvalue weighted by molar-refractivity contribution is 14.1. The van der Waals surface area contributed by atoms with E-state index in [1.807, 2.05) is 6.20 Å². The van der Waals surface area contributed by atoms with Crippen LogP contribution in [0.3, 0.4) is 0 Å². The van der Waals surface area contributed by atoms with E-state index in [0.717, 1.165) is 13.6 Å². The second-order valence-corrected chi connectivity index (χ2v) is 4.85. The van der Waals surface area contributed by atoms with Gasteiger partial charge in [0, 0.05) is 18.6 Å². The summed E-state index contributed by atoms with van der Waals surface area (Å²) >= 11 is 3.80. The molecule has 12 heavy (non-hydrogen) atoms. The maximum absolute atomic E-state index is 4.17. The molecule has 3 nitrogen and oxygen atoms in total. The van der Waals surface area contributed by atoms with E-state index in [0.29, 0.717) is 0 Å². The molecule has 0 aliphatic heterocycles. The molecule has 0 saturated heterocycles. The summed E-state index contributed by atoms with van der Waals surface area (Å²) in [5.41, 5.74) is 0.887. The van der Waals surface area contributed by atoms with E-state index in [1.165, 1.54) is 0 Å². The topological polar surface area (TPSA) is 38.7 Å². The van der Waals surface area contributed by atoms with Crippen LogP contribution in [0.15, 0.2) is 24.8 Å². The van der Waals surface area contributed by atoms with Crippen molar-refractivity contribution in [1.82, 2.24) is 15.0 Å². The average molecular weight is 289 g/mol. The third-order valence-corrected chi connectivity index (χ3v) is 3.04. The van der Waals surface area contributed by atoms with E-state index in [9.17, 15) is 0 Å². The maximum Gasteiger partial charge on any atom is 0.154 e. The Hall–Kier alpha value is -0.560. The number of aromatic nitrogens is 3. The lowest BCUT2D eigenvalue weighted by molar-refractivity contribution is 1.21. The predicted molar refractivity (Wildman–Crippen MR) is 55.9 cm³/mol. The summed E-state index contributed by atoms with van der Waals surface area (Å²) in [5, 5.41) is 0. The SMILES string of the molecule is Ic1ncc(-c2cnccn2)s1. The van der Waals surface area contributed by atoms with Gasteiger partial charge in [0.15, 0.2) is 3.01 Å². The monoisotopic (exact) mass is 289 g/mol. The molecule has 60 valence electrons. The molecule has 0 amide bonds. The summed E-state index contributed by atoms with van der Waals surface area (Å²) in [5.74, 6) is 0. The van der Waals surface area contributed by atoms with Crippen LogP contribution in [0.25, 0.3) is 10.6 Å². The van der Waals surface area contributed by atoms with Gasteiger partial charge >= 0.3 is 0 Å². The molecule has 0 spiro atoms. The molecule has 0 bridgehead atoms. The minimum Gasteiger partial charge on any atom is -0.261 e. The zero-order valence-electron chi connectivity index (χ0n) is 5.94. The third kappa shape index (κ3) is 1.61. The lowest BCUT2D eigenvalue weighted by Gasteiger charge is -1.90. The van der Waals surface area contributed by atoms with Crippen LogP contribution in [0.1, 0.15) is 0 Å². The number of nitrogens with zero attached hydrogens (tertiary/aromatic N) is 3. The molecule has 0 fully saturated rings. The van der Waals surface area contributed by atoms with Crippen molar-refractivity contribution in [2.75, 3.05) is 0 Å². The number of hydrogen-bond donors (Lipinski definition) is 0. The maximum atomic E-state index is 4.17. The Kier molecular flexibility index (Phi) is 2.31. The molecule has 2 aromatic heterocycles. The number of halogens is 1. The van der Waals surface area contributed by atoms with Crippen LogP contribution in [0, 0.1) is 3.01 Å². The highest BCUT2D eigenvalue weighted by Crippen LogP contribution is 2.23. The Morgan fingerprint density at radius 1 is 1.17 bits per heavy atom. The third-order valence-electron chi connectivity index (χ3n) is 1.29. The van der Waals surface area contributed by atoms with Crippen molar-refractivity contribution in [2.24, 2.45) is 0 Å². The van der Waals surface area contributed by atoms with Crippen LogP contribution in [0.5, 0.6) is 0 Å². The predicted octanol–water partition coefficient (Wildman–Crippen LogP) is 2.20. The molecule has 0 unspecified atom stereocenters. The van der Waals surface area contributed by atoms with Gasteiger partial charge in [-0.15, -0.1) is 11.3 Å². The van der Waals surface area contributed by atoms with Gasteiger partial charge in [0.1, 0.15) is 5.69 Å². The molecule has 0 saturated carbocycles. The summed E-state index contributed by atoms with van der Waals surface area (Å²) in [6, 6.07) is 0. The van der Waals surface area contributed by atoms with Crippen LogP contribution in [0.4, 0.5) is 0 Å². The standard InChI is InChI=1S/C7H4IN3S/c8-7-11-4-6(12-7)5-3-9-1-2-10-5/h1-4H. The van der Waals surface area contributed by atoms with E-state index >= 15 is 0 Å². The van der Waals surface area contributed by atoms with E-state index in [2.05, 4.69) is 37.5 Å². The zero-order valence-corrected chi connectivity index (χ0v) is 8.91. The van der Waals surface area contributed by atoms with Gasteiger partial charge in [-0.25, -0.2) is 4.98 Å². The summed E-state index contributed by atoms with van der Waals surface area (Å²) in [6.07, 6.45) is 6.90. The summed E-state index contributed by atoms with van der Waals surface area (Å²) in [7, 11) is 0. The van der Waals surface area contributed by atoms with Crippen LogP contribution in [0.2, 0.25) is 0 Å². The Bertz CT molecular complexity index is 373. The minimum atomic E-state index is 0.887. The van der Waals surface area contributed by atoms with Crippen LogP contribution in [-0.4, -0.2) is 15.0 Å². The van der Waals surface area contributed by atoms with Crippen LogP contribution >= 0.6 is 33.9 Å². The van der Waals surface area contributed by atoms with Crippen LogP contribution < -0.4 is 0 Å². The number of rotatable bonds is 1. The fourth-order valence-corrected chi connectivity index (χ4v) is 2.25. The van der Waals surface area contributed by atoms with Gasteiger partial charge in [0.2, 0.25) is 0 Å². The molecular formula is C7H4IN3S. The Balaban J connectivity index is 2.45. The summed E-state index contributed by atoms with van der Waals surface area (Å²) < 4.78 is 1.02. The van der Waals surface area contributed by atoms with Crippen molar-refractivity contribution in [2.45, 2.75) is 0 Å². The molecule has 2 heterocycles. The lowest BCUT2D eigenvalue weighted by atomic mass is 10.4. The molecule has 2 rings (SSSR count). The Morgan fingerprint density at radius 3 is 2.67 bits per heavy atom. The fraction of sp³-hybridized carbons (Fsp3) is 0. The summed E-state index contributed by atoms with van der Waals surface area (Å²) in [6.45, 7) is 0. The van der Waals surface area contributed by atoms with Gasteiger partial charge in [-0.3, -0.25) is 9.97 Å². The first-order chi connectivity index (χ1) is 5.86. The van der Waals surface area contributed by atoms with Gasteiger partial charge in [-0.05, 0) is 22.6 Å². The first-order valence-corrected chi connectivity index (χ1v) is 5.13. The second kappa shape index (κ2) is 3.44. The summed E-state index contributed by atoms with van der Waals surface area (Å²) in [4.78, 5) is 13.3. The van der Waals surface area contributed by atoms with Gasteiger partial charge in [-0.1, -0.05) is 0 Å². The van der Waals surface area contributed by atoms with Crippen molar-refractivity contribution in [3.63, 3.8) is 0 Å². The molecular weight excluding hydrogens is 285 g/mol. The quantitative estimate of drug-likeness (QED) is 0.755. The van der Waals surface area contributed by atoms with E-state index < -0.39 is 0 Å². The highest BCUT2D eigenvalue weighted by atomic mass is 127. The Labute approximate surface area is 87.0 Å². The van der Waals surface area contributed by atoms with Gasteiger partial charge < -0.3 is 0 Å². The molecule has 0 radical (unpaired) electrons. The molecule has 0 atom stereocenters. The van der Waals surface area contributed by atoms with Crippen LogP contribution in [-0.2, 0) is 0 Å². The highest BCUT2D eigenvalue weighted by Gasteiger charge is 2.02. The van der Waals surface area contributed by atoms with Crippen molar-refractivity contribution in [3.05, 3.63) is 27.8 Å². The average Bonchev–Trinajstić information content (AvgIpc) is 2.54. The van der Waals surface area contributed by atoms with E-state index in [-0.39, 0.29) is 0 Å². The van der Waals surface area contributed by atoms with Gasteiger partial charge in [0.25, 0.3) is 0 Å². The minimum absolute atomic E-state index is 0.887. The smallest absolute Gasteiger partial charge is 0.154 e. The lowest BCUT2D eigenvalue weighted by Crippen LogP contribution is -1.79. The Morgan fingerprint density at radius 2 is 2.08 bits per heavy atom. The largest absolute Gasteiger partial charge is 0.261 e. The van der Waals surface area contributed by atoms with Crippen molar-refractivity contribution >= 4 is 33.9 Å². The van der Waals surface area contributed by atoms with Crippen molar-refractivity contribution in [1.29, 1.82) is 0 Å². The van der Waals surface area contributed by atoms with Crippen molar-refractivity contribution in [3.8, 4) is 10.6 Å². The number of hydrogen-bond acceptors (Lipinski definition) is 4. The van der Waals surface area contributed by atoms with Crippen molar-refractivity contribution < 1.29 is 0 Å². The molecule has 0 N–H and O–H groups in total. The first kappa shape index (κ1) is 8.06. The molecule has 0 aliphatic rings. The van der Waals surface area contributed by atoms with Gasteiger partial charge in [-0.2, -0.15) is 0 Å². The second-order valence-electron chi connectivity index (χ2n) is 2.07. The van der Waals surface area contributed by atoms with E-state index in [4.69, 9.17) is 0 Å². The van der Waals surface area contributed by atoms with Gasteiger partial charge in [0.05, 0.1) is 11.1 Å². The fourth-order valence-electron chi connectivity index (χ4n) is 0.798. The molecule has 5 heteroatoms. The van der Waals surface area contributed by atoms with E-state index in [1.54, 1.807) is 29.9 Å². The zero-order chi connectivity index (χ0) is 8.39. The molecule has 0 aromatic carbocycles. The molecule has 2 aromatic rings.